The van der Waals surface area contributed by atoms with Gasteiger partial charge in [0.1, 0.15) is 0 Å². The zero-order valence-corrected chi connectivity index (χ0v) is 34.3. The van der Waals surface area contributed by atoms with E-state index >= 15 is 0 Å². The van der Waals surface area contributed by atoms with Crippen molar-refractivity contribution in [1.82, 2.24) is 0 Å². The first-order valence-corrected chi connectivity index (χ1v) is 21.4. The Morgan fingerprint density at radius 3 is 1.16 bits per heavy atom. The van der Waals surface area contributed by atoms with Gasteiger partial charge in [-0.05, 0) is 151 Å². The Morgan fingerprint density at radius 2 is 0.623 bits per heavy atom. The summed E-state index contributed by atoms with van der Waals surface area (Å²) in [4.78, 5) is 0. The molecule has 11 aromatic rings. The molecule has 1 aliphatic carbocycles. The first-order valence-electron chi connectivity index (χ1n) is 21.4. The second-order valence-electron chi connectivity index (χ2n) is 17.3. The highest BCUT2D eigenvalue weighted by Gasteiger charge is 2.36. The maximum absolute atomic E-state index is 2.44. The van der Waals surface area contributed by atoms with Gasteiger partial charge in [-0.2, -0.15) is 0 Å². The first-order chi connectivity index (χ1) is 30.0. The third-order valence-electron chi connectivity index (χ3n) is 13.4. The fraction of sp³-hybridized carbons (Fsp3) is 0.0492. The topological polar surface area (TPSA) is 0 Å². The SMILES string of the molecule is CC1(C)c2cc(-c3ccccc3)ccc2-c2ccc(-c3ccc(-c4ccc5c(-c6ccc7ccccc7c6)c6ccccc6c(-c6ccc7ccccc7c6)c5c4)cc3)cc21. The van der Waals surface area contributed by atoms with Crippen molar-refractivity contribution in [3.8, 4) is 66.8 Å². The zero-order chi connectivity index (χ0) is 40.7. The molecular weight excluding hydrogens is 733 g/mol. The van der Waals surface area contributed by atoms with Crippen LogP contribution in [0.25, 0.3) is 110 Å². The molecule has 286 valence electrons. The van der Waals surface area contributed by atoms with Crippen LogP contribution in [-0.2, 0) is 5.41 Å². The largest absolute Gasteiger partial charge is 0.0622 e. The van der Waals surface area contributed by atoms with Crippen LogP contribution in [0.5, 0.6) is 0 Å². The summed E-state index contributed by atoms with van der Waals surface area (Å²) in [5.41, 5.74) is 17.8. The van der Waals surface area contributed by atoms with Crippen molar-refractivity contribution in [2.75, 3.05) is 0 Å². The molecule has 11 aromatic carbocycles. The molecule has 0 nitrogen and oxygen atoms in total. The van der Waals surface area contributed by atoms with Crippen LogP contribution in [0.15, 0.2) is 218 Å². The Bertz CT molecular complexity index is 3530. The third kappa shape index (κ3) is 5.75. The molecule has 0 saturated carbocycles. The van der Waals surface area contributed by atoms with Gasteiger partial charge >= 0.3 is 0 Å². The van der Waals surface area contributed by atoms with E-state index in [0.717, 1.165) is 0 Å². The summed E-state index contributed by atoms with van der Waals surface area (Å²) in [7, 11) is 0. The summed E-state index contributed by atoms with van der Waals surface area (Å²) >= 11 is 0. The van der Waals surface area contributed by atoms with Crippen LogP contribution in [0.3, 0.4) is 0 Å². The van der Waals surface area contributed by atoms with Gasteiger partial charge in [0.25, 0.3) is 0 Å². The van der Waals surface area contributed by atoms with Gasteiger partial charge in [-0.15, -0.1) is 0 Å². The summed E-state index contributed by atoms with van der Waals surface area (Å²) < 4.78 is 0. The number of benzene rings is 11. The molecule has 0 aromatic heterocycles. The van der Waals surface area contributed by atoms with E-state index in [1.165, 1.54) is 121 Å². The highest BCUT2D eigenvalue weighted by molar-refractivity contribution is 6.22. The molecule has 0 saturated heterocycles. The van der Waals surface area contributed by atoms with E-state index in [2.05, 4.69) is 232 Å². The minimum absolute atomic E-state index is 0.102. The lowest BCUT2D eigenvalue weighted by atomic mass is 9.81. The van der Waals surface area contributed by atoms with Crippen molar-refractivity contribution in [3.05, 3.63) is 230 Å². The number of rotatable bonds is 5. The van der Waals surface area contributed by atoms with E-state index < -0.39 is 0 Å². The second kappa shape index (κ2) is 13.8. The molecule has 0 spiro atoms. The Labute approximate surface area is 357 Å². The molecule has 0 atom stereocenters. The van der Waals surface area contributed by atoms with Crippen LogP contribution < -0.4 is 0 Å². The quantitative estimate of drug-likeness (QED) is 0.153. The highest BCUT2D eigenvalue weighted by Crippen LogP contribution is 2.51. The van der Waals surface area contributed by atoms with Crippen molar-refractivity contribution >= 4 is 43.1 Å². The normalized spacial score (nSPS) is 12.9. The third-order valence-corrected chi connectivity index (χ3v) is 13.4. The summed E-state index contributed by atoms with van der Waals surface area (Å²) in [6.07, 6.45) is 0. The van der Waals surface area contributed by atoms with E-state index in [9.17, 15) is 0 Å². The number of fused-ring (bicyclic) bond motifs is 7. The molecule has 0 amide bonds. The number of hydrogen-bond donors (Lipinski definition) is 0. The standard InChI is InChI=1S/C61H42/c1-61(2)57-37-47(39-12-4-3-5-13-39)28-31-51(57)52-32-29-48(38-58(52)61)43-22-20-42(21-23-43)46-30-33-55-56(36-46)60(50-27-25-41-15-7-9-17-45(41)35-50)54-19-11-10-18-53(54)59(55)49-26-24-40-14-6-8-16-44(40)34-49/h3-38H,1-2H3. The summed E-state index contributed by atoms with van der Waals surface area (Å²) in [5, 5.41) is 10.1. The van der Waals surface area contributed by atoms with Gasteiger partial charge in [0.15, 0.2) is 0 Å². The van der Waals surface area contributed by atoms with Crippen molar-refractivity contribution in [3.63, 3.8) is 0 Å². The maximum atomic E-state index is 2.44. The second-order valence-corrected chi connectivity index (χ2v) is 17.3. The Kier molecular flexibility index (Phi) is 7.99. The predicted molar refractivity (Wildman–Crippen MR) is 261 cm³/mol. The molecule has 0 fully saturated rings. The van der Waals surface area contributed by atoms with Crippen LogP contribution in [0.4, 0.5) is 0 Å². The van der Waals surface area contributed by atoms with Gasteiger partial charge in [-0.1, -0.05) is 202 Å². The summed E-state index contributed by atoms with van der Waals surface area (Å²) in [5.74, 6) is 0. The van der Waals surface area contributed by atoms with E-state index in [1.807, 2.05) is 0 Å². The van der Waals surface area contributed by atoms with Gasteiger partial charge in [-0.3, -0.25) is 0 Å². The molecule has 0 unspecified atom stereocenters. The van der Waals surface area contributed by atoms with Gasteiger partial charge in [0.05, 0.1) is 0 Å². The van der Waals surface area contributed by atoms with Crippen LogP contribution in [0.2, 0.25) is 0 Å². The van der Waals surface area contributed by atoms with E-state index in [4.69, 9.17) is 0 Å². The lowest BCUT2D eigenvalue weighted by Gasteiger charge is -2.22. The minimum Gasteiger partial charge on any atom is -0.0622 e. The molecule has 0 radical (unpaired) electrons. The van der Waals surface area contributed by atoms with Crippen LogP contribution in [0.1, 0.15) is 25.0 Å². The fourth-order valence-corrected chi connectivity index (χ4v) is 10.3. The van der Waals surface area contributed by atoms with Gasteiger partial charge in [-0.25, -0.2) is 0 Å². The summed E-state index contributed by atoms with van der Waals surface area (Å²) in [6.45, 7) is 4.75. The average molecular weight is 775 g/mol. The van der Waals surface area contributed by atoms with Crippen LogP contribution in [-0.4, -0.2) is 0 Å². The smallest absolute Gasteiger partial charge is 0.0159 e. The van der Waals surface area contributed by atoms with E-state index in [-0.39, 0.29) is 5.41 Å². The van der Waals surface area contributed by atoms with Crippen molar-refractivity contribution in [2.24, 2.45) is 0 Å². The van der Waals surface area contributed by atoms with Gasteiger partial charge in [0.2, 0.25) is 0 Å². The molecule has 0 heteroatoms. The van der Waals surface area contributed by atoms with Gasteiger partial charge < -0.3 is 0 Å². The molecule has 0 aliphatic heterocycles. The highest BCUT2D eigenvalue weighted by atomic mass is 14.4. The number of hydrogen-bond acceptors (Lipinski definition) is 0. The molecule has 12 rings (SSSR count). The van der Waals surface area contributed by atoms with E-state index in [1.54, 1.807) is 0 Å². The van der Waals surface area contributed by atoms with Crippen LogP contribution in [0, 0.1) is 0 Å². The van der Waals surface area contributed by atoms with Crippen molar-refractivity contribution < 1.29 is 0 Å². The fourth-order valence-electron chi connectivity index (χ4n) is 10.3. The zero-order valence-electron chi connectivity index (χ0n) is 34.3. The molecule has 1 aliphatic rings. The molecule has 61 heavy (non-hydrogen) atoms. The molecular formula is C61H42. The lowest BCUT2D eigenvalue weighted by Crippen LogP contribution is -2.15. The lowest BCUT2D eigenvalue weighted by molar-refractivity contribution is 0.661. The maximum Gasteiger partial charge on any atom is 0.0159 e. The van der Waals surface area contributed by atoms with Gasteiger partial charge in [0, 0.05) is 5.41 Å². The Morgan fingerprint density at radius 1 is 0.246 bits per heavy atom. The van der Waals surface area contributed by atoms with E-state index in [0.29, 0.717) is 0 Å². The molecule has 0 heterocycles. The average Bonchev–Trinajstić information content (AvgIpc) is 3.55. The van der Waals surface area contributed by atoms with Crippen LogP contribution >= 0.6 is 0 Å². The monoisotopic (exact) mass is 774 g/mol. The first kappa shape index (κ1) is 35.4. The van der Waals surface area contributed by atoms with Crippen molar-refractivity contribution in [1.29, 1.82) is 0 Å². The Balaban J connectivity index is 0.978. The minimum atomic E-state index is -0.102. The van der Waals surface area contributed by atoms with Crippen molar-refractivity contribution in [2.45, 2.75) is 19.3 Å². The predicted octanol–water partition coefficient (Wildman–Crippen LogP) is 16.9. The molecule has 0 N–H and O–H groups in total. The molecule has 0 bridgehead atoms. The summed E-state index contributed by atoms with van der Waals surface area (Å²) in [6, 6.07) is 81.3. The Hall–Kier alpha value is -7.54.